The normalized spacial score (nSPS) is 11.0. The van der Waals surface area contributed by atoms with Crippen LogP contribution >= 0.6 is 11.6 Å². The molecule has 0 aliphatic carbocycles. The van der Waals surface area contributed by atoms with Crippen molar-refractivity contribution in [1.82, 2.24) is 19.9 Å². The molecular formula is C20H17ClN4O. The Bertz CT molecular complexity index is 1070. The Kier molecular flexibility index (Phi) is 4.22. The Morgan fingerprint density at radius 3 is 2.73 bits per heavy atom. The molecule has 0 spiro atoms. The van der Waals surface area contributed by atoms with Crippen molar-refractivity contribution in [2.75, 3.05) is 0 Å². The van der Waals surface area contributed by atoms with Gasteiger partial charge in [-0.25, -0.2) is 4.98 Å². The minimum Gasteiger partial charge on any atom is -0.347 e. The first-order valence-corrected chi connectivity index (χ1v) is 8.61. The lowest BCUT2D eigenvalue weighted by molar-refractivity contribution is 0.0943. The third kappa shape index (κ3) is 3.09. The van der Waals surface area contributed by atoms with Crippen LogP contribution in [0.5, 0.6) is 0 Å². The summed E-state index contributed by atoms with van der Waals surface area (Å²) in [6.07, 6.45) is 3.51. The minimum atomic E-state index is -0.116. The smallest absolute Gasteiger partial charge is 0.268 e. The van der Waals surface area contributed by atoms with Crippen LogP contribution < -0.4 is 5.32 Å². The number of carbonyl (C=O) groups excluding carboxylic acids is 1. The van der Waals surface area contributed by atoms with Crippen molar-refractivity contribution in [3.63, 3.8) is 0 Å². The van der Waals surface area contributed by atoms with Gasteiger partial charge in [-0.1, -0.05) is 41.9 Å². The molecule has 4 aromatic rings. The number of nitrogens with one attached hydrogen (secondary N) is 2. The van der Waals surface area contributed by atoms with Crippen molar-refractivity contribution in [3.8, 4) is 11.4 Å². The van der Waals surface area contributed by atoms with Crippen LogP contribution in [0.1, 0.15) is 16.1 Å². The summed E-state index contributed by atoms with van der Waals surface area (Å²) in [6, 6.07) is 15.4. The molecule has 5 nitrogen and oxygen atoms in total. The molecule has 2 aromatic heterocycles. The van der Waals surface area contributed by atoms with E-state index in [9.17, 15) is 4.79 Å². The molecule has 0 fully saturated rings. The minimum absolute atomic E-state index is 0.116. The van der Waals surface area contributed by atoms with E-state index < -0.39 is 0 Å². The molecule has 0 radical (unpaired) electrons. The zero-order chi connectivity index (χ0) is 18.1. The number of fused-ring (bicyclic) bond motifs is 1. The number of aryl methyl sites for hydroxylation is 1. The maximum Gasteiger partial charge on any atom is 0.268 e. The number of aromatic amines is 1. The lowest BCUT2D eigenvalue weighted by atomic mass is 10.1. The molecule has 6 heteroatoms. The first kappa shape index (κ1) is 16.4. The molecule has 2 N–H and O–H groups in total. The molecule has 1 amide bonds. The highest BCUT2D eigenvalue weighted by atomic mass is 35.5. The summed E-state index contributed by atoms with van der Waals surface area (Å²) in [7, 11) is 1.87. The van der Waals surface area contributed by atoms with Crippen molar-refractivity contribution in [2.45, 2.75) is 6.54 Å². The summed E-state index contributed by atoms with van der Waals surface area (Å²) in [6.45, 7) is 0.458. The average Bonchev–Trinajstić information content (AvgIpc) is 3.29. The zero-order valence-electron chi connectivity index (χ0n) is 14.2. The van der Waals surface area contributed by atoms with Gasteiger partial charge in [-0.2, -0.15) is 0 Å². The molecule has 130 valence electrons. The molecule has 26 heavy (non-hydrogen) atoms. The van der Waals surface area contributed by atoms with E-state index in [1.54, 1.807) is 12.4 Å². The van der Waals surface area contributed by atoms with Gasteiger partial charge >= 0.3 is 0 Å². The van der Waals surface area contributed by atoms with Gasteiger partial charge in [0.05, 0.1) is 0 Å². The highest BCUT2D eigenvalue weighted by Crippen LogP contribution is 2.22. The van der Waals surface area contributed by atoms with Gasteiger partial charge in [-0.3, -0.25) is 4.79 Å². The lowest BCUT2D eigenvalue weighted by Crippen LogP contribution is -2.24. The molecule has 0 atom stereocenters. The van der Waals surface area contributed by atoms with Gasteiger partial charge in [-0.15, -0.1) is 0 Å². The number of carbonyl (C=O) groups is 1. The zero-order valence-corrected chi connectivity index (χ0v) is 14.9. The molecular weight excluding hydrogens is 348 g/mol. The van der Waals surface area contributed by atoms with Crippen molar-refractivity contribution in [3.05, 3.63) is 77.2 Å². The second-order valence-electron chi connectivity index (χ2n) is 6.11. The number of amides is 1. The van der Waals surface area contributed by atoms with E-state index >= 15 is 0 Å². The number of rotatable bonds is 4. The number of imidazole rings is 1. The van der Waals surface area contributed by atoms with Crippen molar-refractivity contribution in [2.24, 2.45) is 7.05 Å². The van der Waals surface area contributed by atoms with E-state index in [1.807, 2.05) is 60.1 Å². The van der Waals surface area contributed by atoms with Crippen LogP contribution in [-0.4, -0.2) is 20.4 Å². The fourth-order valence-corrected chi connectivity index (χ4v) is 3.16. The number of hydrogen-bond donors (Lipinski definition) is 2. The summed E-state index contributed by atoms with van der Waals surface area (Å²) >= 11 is 6.05. The number of aromatic nitrogens is 3. The molecule has 0 unspecified atom stereocenters. The summed E-state index contributed by atoms with van der Waals surface area (Å²) in [4.78, 5) is 19.9. The lowest BCUT2D eigenvalue weighted by Gasteiger charge is -2.07. The maximum atomic E-state index is 12.6. The summed E-state index contributed by atoms with van der Waals surface area (Å²) in [5, 5.41) is 4.62. The van der Waals surface area contributed by atoms with Crippen molar-refractivity contribution < 1.29 is 4.79 Å². The molecule has 4 rings (SSSR count). The molecule has 0 aliphatic rings. The monoisotopic (exact) mass is 364 g/mol. The number of nitrogens with zero attached hydrogens (tertiary/aromatic N) is 2. The highest BCUT2D eigenvalue weighted by Gasteiger charge is 2.13. The Balaban J connectivity index is 1.48. The van der Waals surface area contributed by atoms with Crippen LogP contribution in [0.2, 0.25) is 5.02 Å². The summed E-state index contributed by atoms with van der Waals surface area (Å²) < 4.78 is 1.86. The molecule has 2 heterocycles. The first-order chi connectivity index (χ1) is 12.6. The van der Waals surface area contributed by atoms with Crippen LogP contribution in [0, 0.1) is 0 Å². The van der Waals surface area contributed by atoms with Gasteiger partial charge in [0.15, 0.2) is 0 Å². The van der Waals surface area contributed by atoms with E-state index in [0.717, 1.165) is 27.9 Å². The summed E-state index contributed by atoms with van der Waals surface area (Å²) in [5.41, 5.74) is 3.58. The van der Waals surface area contributed by atoms with Gasteiger partial charge in [0, 0.05) is 47.5 Å². The van der Waals surface area contributed by atoms with E-state index in [1.165, 1.54) is 0 Å². The number of benzene rings is 2. The SMILES string of the molecule is Cn1c(C(=O)NCc2ccc(-c3ncc[nH]3)cc2)cc2ccc(Cl)cc21. The number of halogens is 1. The van der Waals surface area contributed by atoms with Crippen LogP contribution in [-0.2, 0) is 13.6 Å². The van der Waals surface area contributed by atoms with E-state index in [0.29, 0.717) is 17.3 Å². The summed E-state index contributed by atoms with van der Waals surface area (Å²) in [5.74, 6) is 0.713. The maximum absolute atomic E-state index is 12.6. The van der Waals surface area contributed by atoms with E-state index in [2.05, 4.69) is 15.3 Å². The van der Waals surface area contributed by atoms with Gasteiger partial charge in [0.25, 0.3) is 5.91 Å². The average molecular weight is 365 g/mol. The Morgan fingerprint density at radius 1 is 1.19 bits per heavy atom. The van der Waals surface area contributed by atoms with Gasteiger partial charge in [-0.05, 0) is 23.8 Å². The van der Waals surface area contributed by atoms with Crippen LogP contribution in [0.15, 0.2) is 60.9 Å². The van der Waals surface area contributed by atoms with Crippen molar-refractivity contribution >= 4 is 28.4 Å². The predicted octanol–water partition coefficient (Wildman–Crippen LogP) is 4.15. The Morgan fingerprint density at radius 2 is 2.00 bits per heavy atom. The molecule has 2 aromatic carbocycles. The Labute approximate surface area is 155 Å². The standard InChI is InChI=1S/C20H17ClN4O/c1-25-17-11-16(21)7-6-15(17)10-18(25)20(26)24-12-13-2-4-14(5-3-13)19-22-8-9-23-19/h2-11H,12H2,1H3,(H,22,23)(H,24,26). The molecule has 0 aliphatic heterocycles. The Hall–Kier alpha value is -3.05. The molecule has 0 saturated carbocycles. The van der Waals surface area contributed by atoms with Gasteiger partial charge in [0.1, 0.15) is 11.5 Å². The molecule has 0 bridgehead atoms. The topological polar surface area (TPSA) is 62.7 Å². The molecule has 0 saturated heterocycles. The van der Waals surface area contributed by atoms with E-state index in [4.69, 9.17) is 11.6 Å². The second kappa shape index (κ2) is 6.69. The third-order valence-corrected chi connectivity index (χ3v) is 4.65. The number of H-pyrrole nitrogens is 1. The first-order valence-electron chi connectivity index (χ1n) is 8.24. The fourth-order valence-electron chi connectivity index (χ4n) is 3.00. The fraction of sp³-hybridized carbons (Fsp3) is 0.100. The predicted molar refractivity (Wildman–Crippen MR) is 103 cm³/mol. The highest BCUT2D eigenvalue weighted by molar-refractivity contribution is 6.31. The van der Waals surface area contributed by atoms with E-state index in [-0.39, 0.29) is 5.91 Å². The van der Waals surface area contributed by atoms with Gasteiger partial charge in [0.2, 0.25) is 0 Å². The van der Waals surface area contributed by atoms with Crippen LogP contribution in [0.4, 0.5) is 0 Å². The second-order valence-corrected chi connectivity index (χ2v) is 6.55. The van der Waals surface area contributed by atoms with Crippen LogP contribution in [0.3, 0.4) is 0 Å². The van der Waals surface area contributed by atoms with Gasteiger partial charge < -0.3 is 14.9 Å². The third-order valence-electron chi connectivity index (χ3n) is 4.42. The van der Waals surface area contributed by atoms with Crippen molar-refractivity contribution in [1.29, 1.82) is 0 Å². The largest absolute Gasteiger partial charge is 0.347 e. The number of hydrogen-bond acceptors (Lipinski definition) is 2. The quantitative estimate of drug-likeness (QED) is 0.571. The van der Waals surface area contributed by atoms with Crippen LogP contribution in [0.25, 0.3) is 22.3 Å².